The van der Waals surface area contributed by atoms with Gasteiger partial charge in [0.2, 0.25) is 0 Å². The highest BCUT2D eigenvalue weighted by molar-refractivity contribution is 8.00. The Bertz CT molecular complexity index is 974. The molecule has 1 fully saturated rings. The van der Waals surface area contributed by atoms with E-state index in [9.17, 15) is 24.3 Å². The zero-order valence-electron chi connectivity index (χ0n) is 15.3. The summed E-state index contributed by atoms with van der Waals surface area (Å²) in [6.45, 7) is -0.297. The summed E-state index contributed by atoms with van der Waals surface area (Å²) >= 11 is 2.23. The number of hydrogen-bond acceptors (Lipinski definition) is 11. The van der Waals surface area contributed by atoms with Crippen LogP contribution in [0.1, 0.15) is 5.69 Å². The molecule has 160 valence electrons. The van der Waals surface area contributed by atoms with E-state index in [1.54, 1.807) is 0 Å². The van der Waals surface area contributed by atoms with E-state index >= 15 is 0 Å². The van der Waals surface area contributed by atoms with E-state index in [2.05, 4.69) is 20.8 Å². The van der Waals surface area contributed by atoms with Gasteiger partial charge in [0.25, 0.3) is 11.8 Å². The molecule has 0 radical (unpaired) electrons. The number of rotatable bonds is 6. The Labute approximate surface area is 176 Å². The molecule has 0 unspecified atom stereocenters. The quantitative estimate of drug-likeness (QED) is 0.153. The van der Waals surface area contributed by atoms with Crippen molar-refractivity contribution in [1.29, 1.82) is 0 Å². The van der Waals surface area contributed by atoms with Crippen molar-refractivity contribution < 1.29 is 34.2 Å². The van der Waals surface area contributed by atoms with Crippen LogP contribution in [0.4, 0.5) is 9.93 Å². The van der Waals surface area contributed by atoms with Crippen molar-refractivity contribution in [1.82, 2.24) is 20.5 Å². The van der Waals surface area contributed by atoms with Crippen molar-refractivity contribution in [3.63, 3.8) is 0 Å². The summed E-state index contributed by atoms with van der Waals surface area (Å²) in [5, 5.41) is 27.2. The van der Waals surface area contributed by atoms with Crippen molar-refractivity contribution in [2.75, 3.05) is 25.1 Å². The lowest BCUT2D eigenvalue weighted by molar-refractivity contribution is -0.150. The van der Waals surface area contributed by atoms with Gasteiger partial charge in [-0.25, -0.2) is 14.6 Å². The minimum Gasteiger partial charge on any atom is -0.477 e. The Morgan fingerprint density at radius 3 is 2.77 bits per heavy atom. The molecule has 0 spiro atoms. The average molecular weight is 456 g/mol. The van der Waals surface area contributed by atoms with Crippen molar-refractivity contribution in [3.8, 4) is 0 Å². The molecule has 13 nitrogen and oxygen atoms in total. The lowest BCUT2D eigenvalue weighted by Gasteiger charge is -2.49. The summed E-state index contributed by atoms with van der Waals surface area (Å²) < 4.78 is 4.89. The molecular formula is C15H16N6O7S2. The van der Waals surface area contributed by atoms with Crippen molar-refractivity contribution in [2.45, 2.75) is 11.4 Å². The number of ether oxygens (including phenoxy) is 1. The molecule has 1 aromatic rings. The maximum absolute atomic E-state index is 12.6. The van der Waals surface area contributed by atoms with E-state index in [1.165, 1.54) is 24.2 Å². The number of β-lactam (4-membered cyclic amide) rings is 1. The summed E-state index contributed by atoms with van der Waals surface area (Å²) in [6.07, 6.45) is -0.738. The van der Waals surface area contributed by atoms with E-state index in [-0.39, 0.29) is 34.5 Å². The number of carboxylic acids is 1. The van der Waals surface area contributed by atoms with Gasteiger partial charge in [-0.2, -0.15) is 0 Å². The smallest absolute Gasteiger partial charge is 0.407 e. The highest BCUT2D eigenvalue weighted by atomic mass is 32.2. The third kappa shape index (κ3) is 3.88. The van der Waals surface area contributed by atoms with Gasteiger partial charge in [-0.3, -0.25) is 14.5 Å². The predicted octanol–water partition coefficient (Wildman–Crippen LogP) is -1.00. The molecule has 0 bridgehead atoms. The van der Waals surface area contributed by atoms with Crippen molar-refractivity contribution in [3.05, 3.63) is 22.3 Å². The molecule has 1 aromatic heterocycles. The molecular weight excluding hydrogens is 440 g/mol. The van der Waals surface area contributed by atoms with Gasteiger partial charge in [-0.15, -0.1) is 23.1 Å². The number of thiazole rings is 1. The maximum Gasteiger partial charge on any atom is 0.407 e. The molecule has 0 aromatic carbocycles. The van der Waals surface area contributed by atoms with Gasteiger partial charge in [-0.05, 0) is 0 Å². The number of oxime groups is 1. The van der Waals surface area contributed by atoms with E-state index in [4.69, 9.17) is 15.7 Å². The summed E-state index contributed by atoms with van der Waals surface area (Å²) in [5.74, 6) is -2.71. The number of nitrogens with two attached hydrogens (primary N) is 1. The number of amides is 3. The number of nitrogens with one attached hydrogen (secondary N) is 2. The monoisotopic (exact) mass is 456 g/mol. The number of carbonyl (C=O) groups is 4. The predicted molar refractivity (Wildman–Crippen MR) is 105 cm³/mol. The summed E-state index contributed by atoms with van der Waals surface area (Å²) in [6, 6.07) is -1.04. The molecule has 6 N–H and O–H groups in total. The van der Waals surface area contributed by atoms with Crippen LogP contribution >= 0.6 is 23.1 Å². The van der Waals surface area contributed by atoms with Gasteiger partial charge in [0.05, 0.1) is 0 Å². The van der Waals surface area contributed by atoms with Crippen LogP contribution in [-0.4, -0.2) is 80.6 Å². The lowest BCUT2D eigenvalue weighted by Crippen LogP contribution is -2.71. The molecule has 3 rings (SSSR count). The Kier molecular flexibility index (Phi) is 6.12. The zero-order chi connectivity index (χ0) is 22.0. The number of fused-ring (bicyclic) bond motifs is 1. The number of alkyl carbamates (subject to hydrolysis) is 1. The Morgan fingerprint density at radius 2 is 2.20 bits per heavy atom. The van der Waals surface area contributed by atoms with Crippen LogP contribution in [0.25, 0.3) is 0 Å². The first-order valence-corrected chi connectivity index (χ1v) is 10.2. The molecule has 3 heterocycles. The first-order valence-electron chi connectivity index (χ1n) is 8.27. The van der Waals surface area contributed by atoms with Gasteiger partial charge >= 0.3 is 12.1 Å². The molecule has 0 aliphatic carbocycles. The molecule has 2 aliphatic rings. The number of aliphatic carboxylic acids is 1. The van der Waals surface area contributed by atoms with E-state index < -0.39 is 41.0 Å². The van der Waals surface area contributed by atoms with E-state index in [0.29, 0.717) is 0 Å². The van der Waals surface area contributed by atoms with Gasteiger partial charge in [0.1, 0.15) is 29.4 Å². The number of nitrogens with zero attached hydrogens (tertiary/aromatic N) is 3. The van der Waals surface area contributed by atoms with E-state index in [1.807, 2.05) is 0 Å². The highest BCUT2D eigenvalue weighted by Crippen LogP contribution is 2.40. The SMILES string of the molecule is CNC(=O)OCC1=C(C(=O)O)N2C(=O)[C@@H](NC(=O)/C(=N\O)c3csc(N)n3)[C@H]2SC1. The van der Waals surface area contributed by atoms with Gasteiger partial charge in [-0.1, -0.05) is 5.16 Å². The van der Waals surface area contributed by atoms with Crippen molar-refractivity contribution in [2.24, 2.45) is 5.16 Å². The highest BCUT2D eigenvalue weighted by Gasteiger charge is 2.54. The fourth-order valence-corrected chi connectivity index (χ4v) is 4.71. The molecule has 30 heavy (non-hydrogen) atoms. The standard InChI is InChI=1S/C15H16N6O7S2/c1-17-15(26)28-2-5-3-29-12-8(11(23)21(12)9(5)13(24)25)19-10(22)7(20-27)6-4-30-14(16)18-6/h4,8,12,27H,2-3H2,1H3,(H2,16,18)(H,17,26)(H,19,22)(H,24,25)/b20-7-/t8-,12-/m1/s1. The summed E-state index contributed by atoms with van der Waals surface area (Å²) in [7, 11) is 1.36. The average Bonchev–Trinajstić information content (AvgIpc) is 3.15. The van der Waals surface area contributed by atoms with Crippen LogP contribution < -0.4 is 16.4 Å². The Balaban J connectivity index is 1.74. The Hall–Kier alpha value is -3.33. The fourth-order valence-electron chi connectivity index (χ4n) is 2.84. The second kappa shape index (κ2) is 8.58. The molecule has 2 atom stereocenters. The van der Waals surface area contributed by atoms with Crippen LogP contribution in [0.2, 0.25) is 0 Å². The zero-order valence-corrected chi connectivity index (χ0v) is 17.0. The molecule has 1 saturated heterocycles. The van der Waals surface area contributed by atoms with Crippen LogP contribution in [-0.2, 0) is 19.1 Å². The summed E-state index contributed by atoms with van der Waals surface area (Å²) in [4.78, 5) is 52.9. The fraction of sp³-hybridized carbons (Fsp3) is 0.333. The minimum atomic E-state index is -1.36. The third-order valence-corrected chi connectivity index (χ3v) is 6.21. The molecule has 0 saturated carbocycles. The second-order valence-electron chi connectivity index (χ2n) is 5.96. The number of hydrogen-bond donors (Lipinski definition) is 5. The number of nitrogen functional groups attached to an aromatic ring is 1. The third-order valence-electron chi connectivity index (χ3n) is 4.20. The topological polar surface area (TPSA) is 197 Å². The second-order valence-corrected chi connectivity index (χ2v) is 7.96. The summed E-state index contributed by atoms with van der Waals surface area (Å²) in [5.41, 5.74) is 5.08. The van der Waals surface area contributed by atoms with Crippen LogP contribution in [0.3, 0.4) is 0 Å². The van der Waals surface area contributed by atoms with Crippen LogP contribution in [0.15, 0.2) is 21.8 Å². The first-order chi connectivity index (χ1) is 14.3. The van der Waals surface area contributed by atoms with Crippen molar-refractivity contribution >= 4 is 57.8 Å². The first kappa shape index (κ1) is 21.4. The Morgan fingerprint density at radius 1 is 1.47 bits per heavy atom. The maximum atomic E-state index is 12.6. The van der Waals surface area contributed by atoms with Crippen LogP contribution in [0.5, 0.6) is 0 Å². The molecule has 15 heteroatoms. The van der Waals surface area contributed by atoms with Gasteiger partial charge < -0.3 is 31.4 Å². The minimum absolute atomic E-state index is 0.0391. The number of carbonyl (C=O) groups excluding carboxylic acids is 3. The van der Waals surface area contributed by atoms with E-state index in [0.717, 1.165) is 16.2 Å². The number of aromatic nitrogens is 1. The lowest BCUT2D eigenvalue weighted by atomic mass is 10.0. The molecule has 2 aliphatic heterocycles. The number of thioether (sulfide) groups is 1. The largest absolute Gasteiger partial charge is 0.477 e. The normalized spacial score (nSPS) is 20.9. The van der Waals surface area contributed by atoms with Gasteiger partial charge in [0, 0.05) is 23.8 Å². The van der Waals surface area contributed by atoms with Crippen LogP contribution in [0, 0.1) is 0 Å². The number of anilines is 1. The van der Waals surface area contributed by atoms with Gasteiger partial charge in [0.15, 0.2) is 10.8 Å². The number of carboxylic acid groups (broad SMARTS) is 1. The molecule has 3 amide bonds.